The van der Waals surface area contributed by atoms with Crippen LogP contribution in [-0.4, -0.2) is 24.9 Å². The number of hydrogen-bond acceptors (Lipinski definition) is 3. The van der Waals surface area contributed by atoms with Crippen LogP contribution in [0.15, 0.2) is 24.3 Å². The number of para-hydroxylation sites is 2. The second-order valence-corrected chi connectivity index (χ2v) is 3.86. The van der Waals surface area contributed by atoms with Gasteiger partial charge in [0.15, 0.2) is 13.6 Å². The Morgan fingerprint density at radius 1 is 1.13 bits per heavy atom. The second-order valence-electron chi connectivity index (χ2n) is 3.86. The average Bonchev–Trinajstić information content (AvgIpc) is 2.54. The quantitative estimate of drug-likeness (QED) is 0.603. The predicted molar refractivity (Wildman–Crippen MR) is 57.0 cm³/mol. The summed E-state index contributed by atoms with van der Waals surface area (Å²) in [5.41, 5.74) is 5.45. The fourth-order valence-corrected chi connectivity index (χ4v) is 1.67. The fraction of sp³-hybridized carbons (Fsp3) is 0.455. The molecule has 1 heterocycles. The number of fused-ring (bicyclic) bond motifs is 1. The van der Waals surface area contributed by atoms with E-state index < -0.39 is 0 Å². The highest BCUT2D eigenvalue weighted by Gasteiger charge is 2.37. The number of hydroxylamine groups is 4. The fourth-order valence-electron chi connectivity index (χ4n) is 1.67. The van der Waals surface area contributed by atoms with Crippen LogP contribution >= 0.6 is 0 Å². The van der Waals surface area contributed by atoms with Crippen LogP contribution in [0.5, 0.6) is 11.5 Å². The maximum atomic E-state index is 5.72. The van der Waals surface area contributed by atoms with Crippen molar-refractivity contribution in [2.45, 2.75) is 12.8 Å². The van der Waals surface area contributed by atoms with E-state index >= 15 is 0 Å². The van der Waals surface area contributed by atoms with Crippen LogP contribution in [-0.2, 0) is 0 Å². The van der Waals surface area contributed by atoms with Gasteiger partial charge in [-0.1, -0.05) is 12.1 Å². The smallest absolute Gasteiger partial charge is 0.244 e. The van der Waals surface area contributed by atoms with Gasteiger partial charge in [-0.05, 0) is 25.1 Å². The molecule has 1 aromatic rings. The predicted octanol–water partition coefficient (Wildman–Crippen LogP) is 1.47. The van der Waals surface area contributed by atoms with Gasteiger partial charge in [-0.3, -0.25) is 9.68 Å². The molecule has 0 saturated carbocycles. The van der Waals surface area contributed by atoms with Gasteiger partial charge in [0.05, 0.1) is 0 Å². The highest BCUT2D eigenvalue weighted by atomic mass is 17.0. The summed E-state index contributed by atoms with van der Waals surface area (Å²) in [6.45, 7) is 1.53. The van der Waals surface area contributed by atoms with Crippen molar-refractivity contribution in [3.8, 4) is 11.5 Å². The molecule has 2 N–H and O–H groups in total. The molecule has 2 rings (SSSR count). The molecule has 0 bridgehead atoms. The molecule has 0 saturated heterocycles. The van der Waals surface area contributed by atoms with Crippen LogP contribution in [0.1, 0.15) is 12.8 Å². The van der Waals surface area contributed by atoms with Gasteiger partial charge in [0.1, 0.15) is 0 Å². The van der Waals surface area contributed by atoms with Gasteiger partial charge in [-0.15, -0.1) is 0 Å². The zero-order valence-corrected chi connectivity index (χ0v) is 8.98. The van der Waals surface area contributed by atoms with E-state index in [4.69, 9.17) is 15.4 Å². The van der Waals surface area contributed by atoms with Crippen molar-refractivity contribution in [1.82, 2.24) is 0 Å². The van der Waals surface area contributed by atoms with Crippen LogP contribution < -0.4 is 15.4 Å². The van der Waals surface area contributed by atoms with E-state index in [1.807, 2.05) is 31.3 Å². The van der Waals surface area contributed by atoms with Crippen LogP contribution in [0, 0.1) is 0 Å². The van der Waals surface area contributed by atoms with Crippen LogP contribution in [0.2, 0.25) is 0 Å². The molecule has 0 fully saturated rings. The summed E-state index contributed by atoms with van der Waals surface area (Å²) in [5, 5.41) is 0. The first-order valence-electron chi connectivity index (χ1n) is 5.27. The van der Waals surface area contributed by atoms with E-state index in [2.05, 4.69) is 0 Å². The number of quaternary nitrogens is 1. The monoisotopic (exact) mass is 209 g/mol. The zero-order valence-electron chi connectivity index (χ0n) is 8.98. The third kappa shape index (κ3) is 2.22. The largest absolute Gasteiger partial charge is 0.330 e. The van der Waals surface area contributed by atoms with Gasteiger partial charge >= 0.3 is 0 Å². The Morgan fingerprint density at radius 3 is 2.27 bits per heavy atom. The number of hydrogen-bond donors (Lipinski definition) is 1. The van der Waals surface area contributed by atoms with E-state index in [0.29, 0.717) is 6.54 Å². The Hall–Kier alpha value is -1.26. The molecule has 0 aliphatic carbocycles. The van der Waals surface area contributed by atoms with Crippen LogP contribution in [0.25, 0.3) is 0 Å². The van der Waals surface area contributed by atoms with Crippen molar-refractivity contribution in [2.24, 2.45) is 5.73 Å². The molecule has 1 aliphatic rings. The van der Waals surface area contributed by atoms with Gasteiger partial charge in [-0.2, -0.15) is 0 Å². The normalized spacial score (nSPS) is 16.7. The summed E-state index contributed by atoms with van der Waals surface area (Å²) in [6, 6.07) is 7.72. The molecule has 15 heavy (non-hydrogen) atoms. The first-order chi connectivity index (χ1) is 7.23. The Labute approximate surface area is 89.7 Å². The van der Waals surface area contributed by atoms with Crippen molar-refractivity contribution in [3.63, 3.8) is 0 Å². The Morgan fingerprint density at radius 2 is 1.73 bits per heavy atom. The second kappa shape index (κ2) is 4.08. The van der Waals surface area contributed by atoms with Crippen LogP contribution in [0.3, 0.4) is 0 Å². The molecule has 0 atom stereocenters. The van der Waals surface area contributed by atoms with Crippen molar-refractivity contribution >= 4 is 0 Å². The molecule has 1 aromatic carbocycles. The third-order valence-corrected chi connectivity index (χ3v) is 2.45. The van der Waals surface area contributed by atoms with Crippen molar-refractivity contribution < 1.29 is 14.5 Å². The number of benzene rings is 1. The van der Waals surface area contributed by atoms with E-state index in [-0.39, 0.29) is 4.81 Å². The molecule has 0 radical (unpaired) electrons. The lowest BCUT2D eigenvalue weighted by Gasteiger charge is -2.21. The molecule has 0 amide bonds. The maximum Gasteiger partial charge on any atom is 0.244 e. The van der Waals surface area contributed by atoms with Gasteiger partial charge in [0, 0.05) is 11.2 Å². The van der Waals surface area contributed by atoms with E-state index in [1.165, 1.54) is 0 Å². The summed E-state index contributed by atoms with van der Waals surface area (Å²) in [5.74, 6) is 1.63. The summed E-state index contributed by atoms with van der Waals surface area (Å²) in [4.78, 5) is 11.6. The molecule has 1 aliphatic heterocycles. The Balaban J connectivity index is 1.98. The number of unbranched alkanes of at least 4 members (excludes halogenated alkanes) is 1. The Kier molecular flexibility index (Phi) is 2.79. The molecule has 4 nitrogen and oxygen atoms in total. The average molecular weight is 209 g/mol. The molecular weight excluding hydrogens is 192 g/mol. The molecule has 0 unspecified atom stereocenters. The van der Waals surface area contributed by atoms with Gasteiger partial charge in [0.2, 0.25) is 11.5 Å². The minimum atomic E-state index is 0.166. The van der Waals surface area contributed by atoms with E-state index in [0.717, 1.165) is 30.9 Å². The van der Waals surface area contributed by atoms with Crippen molar-refractivity contribution in [2.75, 3.05) is 20.1 Å². The minimum Gasteiger partial charge on any atom is -0.330 e. The topological polar surface area (TPSA) is 44.5 Å². The van der Waals surface area contributed by atoms with Gasteiger partial charge in [0.25, 0.3) is 0 Å². The summed E-state index contributed by atoms with van der Waals surface area (Å²) >= 11 is 0. The molecule has 0 aromatic heterocycles. The highest BCUT2D eigenvalue weighted by molar-refractivity contribution is 5.39. The number of nitrogens with two attached hydrogens (primary N) is 1. The molecule has 0 spiro atoms. The molecule has 4 heteroatoms. The standard InChI is InChI=1S/C11H17N2O2/c1-13(9-5-4-8-12)14-10-6-2-3-7-11(10)15-13/h2-3,6-7H,4-5,8-9,12H2,1H3/q+1. The van der Waals surface area contributed by atoms with Crippen LogP contribution in [0.4, 0.5) is 0 Å². The summed E-state index contributed by atoms with van der Waals surface area (Å²) < 4.78 is 0. The first-order valence-corrected chi connectivity index (χ1v) is 5.27. The van der Waals surface area contributed by atoms with Gasteiger partial charge < -0.3 is 5.73 Å². The zero-order chi connectivity index (χ0) is 10.7. The highest BCUT2D eigenvalue weighted by Crippen LogP contribution is 2.36. The lowest BCUT2D eigenvalue weighted by molar-refractivity contribution is -1.18. The maximum absolute atomic E-state index is 5.72. The Bertz CT molecular complexity index is 316. The third-order valence-electron chi connectivity index (χ3n) is 2.45. The first kappa shape index (κ1) is 10.3. The van der Waals surface area contributed by atoms with Gasteiger partial charge in [-0.25, -0.2) is 0 Å². The van der Waals surface area contributed by atoms with Crippen molar-refractivity contribution in [3.05, 3.63) is 24.3 Å². The summed E-state index contributed by atoms with van der Waals surface area (Å²) in [7, 11) is 1.91. The van der Waals surface area contributed by atoms with Crippen molar-refractivity contribution in [1.29, 1.82) is 0 Å². The lowest BCUT2D eigenvalue weighted by atomic mass is 10.3. The SMILES string of the molecule is C[N+]1(CCCCN)Oc2ccccc2O1. The minimum absolute atomic E-state index is 0.166. The van der Waals surface area contributed by atoms with E-state index in [9.17, 15) is 0 Å². The lowest BCUT2D eigenvalue weighted by Crippen LogP contribution is -2.47. The van der Waals surface area contributed by atoms with E-state index in [1.54, 1.807) is 0 Å². The number of rotatable bonds is 4. The molecular formula is C11H17N2O2+. The molecule has 82 valence electrons. The number of nitrogens with zero attached hydrogens (tertiary/aromatic N) is 1. The summed E-state index contributed by atoms with van der Waals surface area (Å²) in [6.07, 6.45) is 2.00.